The van der Waals surface area contributed by atoms with Crippen molar-refractivity contribution in [2.75, 3.05) is 38.3 Å². The molecule has 0 aliphatic carbocycles. The molecule has 8 nitrogen and oxygen atoms in total. The smallest absolute Gasteiger partial charge is 0.244 e. The van der Waals surface area contributed by atoms with Gasteiger partial charge in [-0.25, -0.2) is 18.1 Å². The third kappa shape index (κ3) is 4.86. The molecule has 0 atom stereocenters. The van der Waals surface area contributed by atoms with Gasteiger partial charge in [0, 0.05) is 25.7 Å². The second-order valence-corrected chi connectivity index (χ2v) is 7.94. The minimum absolute atomic E-state index is 0.0988. The molecule has 27 heavy (non-hydrogen) atoms. The summed E-state index contributed by atoms with van der Waals surface area (Å²) in [5.74, 6) is 2.22. The zero-order valence-electron chi connectivity index (χ0n) is 15.5. The minimum Gasteiger partial charge on any atom is -0.495 e. The molecule has 0 bridgehead atoms. The largest absolute Gasteiger partial charge is 0.495 e. The molecule has 1 N–H and O–H groups in total. The highest BCUT2D eigenvalue weighted by Gasteiger charge is 2.19. The molecular weight excluding hydrogens is 368 g/mol. The van der Waals surface area contributed by atoms with Crippen LogP contribution >= 0.6 is 0 Å². The molecule has 1 aromatic carbocycles. The Bertz CT molecular complexity index is 883. The van der Waals surface area contributed by atoms with Crippen molar-refractivity contribution < 1.29 is 17.9 Å². The Morgan fingerprint density at radius 1 is 1.19 bits per heavy atom. The predicted octanol–water partition coefficient (Wildman–Crippen LogP) is 1.75. The van der Waals surface area contributed by atoms with Crippen LogP contribution in [0, 0.1) is 6.92 Å². The molecule has 1 aliphatic heterocycles. The van der Waals surface area contributed by atoms with E-state index in [1.165, 1.54) is 13.2 Å². The topological polar surface area (TPSA) is 93.7 Å². The van der Waals surface area contributed by atoms with Gasteiger partial charge in [0.2, 0.25) is 15.9 Å². The highest BCUT2D eigenvalue weighted by molar-refractivity contribution is 7.89. The van der Waals surface area contributed by atoms with Crippen LogP contribution in [0.15, 0.2) is 35.2 Å². The molecule has 3 rings (SSSR count). The summed E-state index contributed by atoms with van der Waals surface area (Å²) in [5.41, 5.74) is 0. The molecule has 146 valence electrons. The number of para-hydroxylation sites is 1. The van der Waals surface area contributed by atoms with Gasteiger partial charge in [-0.3, -0.25) is 0 Å². The zero-order chi connectivity index (χ0) is 19.3. The average molecular weight is 392 g/mol. The summed E-state index contributed by atoms with van der Waals surface area (Å²) in [4.78, 5) is 11.0. The zero-order valence-corrected chi connectivity index (χ0v) is 16.3. The number of anilines is 1. The van der Waals surface area contributed by atoms with Crippen molar-refractivity contribution in [3.63, 3.8) is 0 Å². The molecule has 1 aromatic heterocycles. The number of aryl methyl sites for hydroxylation is 1. The first-order valence-corrected chi connectivity index (χ1v) is 10.3. The lowest BCUT2D eigenvalue weighted by molar-refractivity contribution is 0.309. The summed E-state index contributed by atoms with van der Waals surface area (Å²) < 4.78 is 38.1. The number of hydrogen-bond acceptors (Lipinski definition) is 7. The Balaban J connectivity index is 1.58. The van der Waals surface area contributed by atoms with E-state index < -0.39 is 10.0 Å². The summed E-state index contributed by atoms with van der Waals surface area (Å²) >= 11 is 0. The molecule has 0 unspecified atom stereocenters. The first-order valence-electron chi connectivity index (χ1n) is 8.86. The van der Waals surface area contributed by atoms with Gasteiger partial charge in [-0.2, -0.15) is 4.98 Å². The standard InChI is InChI=1S/C18H24N4O4S/c1-14-20-17(22-10-5-6-11-22)13-18(21-14)26-12-9-19-27(23,24)16-8-4-3-7-15(16)25-2/h3-4,7-8,13,19H,5-6,9-12H2,1-2H3. The maximum absolute atomic E-state index is 12.4. The van der Waals surface area contributed by atoms with E-state index in [0.717, 1.165) is 31.7 Å². The third-order valence-electron chi connectivity index (χ3n) is 4.23. The van der Waals surface area contributed by atoms with Crippen LogP contribution in [-0.4, -0.2) is 51.7 Å². The average Bonchev–Trinajstić information content (AvgIpc) is 3.20. The fraction of sp³-hybridized carbons (Fsp3) is 0.444. The van der Waals surface area contributed by atoms with Gasteiger partial charge in [0.15, 0.2) is 0 Å². The van der Waals surface area contributed by atoms with E-state index in [-0.39, 0.29) is 18.0 Å². The number of ether oxygens (including phenoxy) is 2. The SMILES string of the molecule is COc1ccccc1S(=O)(=O)NCCOc1cc(N2CCCC2)nc(C)n1. The van der Waals surface area contributed by atoms with E-state index in [0.29, 0.717) is 17.5 Å². The second-order valence-electron chi connectivity index (χ2n) is 6.20. The highest BCUT2D eigenvalue weighted by atomic mass is 32.2. The molecule has 2 heterocycles. The van der Waals surface area contributed by atoms with Crippen LogP contribution in [0.25, 0.3) is 0 Å². The fourth-order valence-corrected chi connectivity index (χ4v) is 4.14. The summed E-state index contributed by atoms with van der Waals surface area (Å²) in [6, 6.07) is 8.27. The van der Waals surface area contributed by atoms with Crippen molar-refractivity contribution >= 4 is 15.8 Å². The maximum Gasteiger partial charge on any atom is 0.244 e. The molecular formula is C18H24N4O4S. The Kier molecular flexibility index (Phi) is 6.12. The van der Waals surface area contributed by atoms with Crippen molar-refractivity contribution in [3.8, 4) is 11.6 Å². The molecule has 1 saturated heterocycles. The molecule has 0 spiro atoms. The highest BCUT2D eigenvalue weighted by Crippen LogP contribution is 2.23. The predicted molar refractivity (Wildman–Crippen MR) is 102 cm³/mol. The van der Waals surface area contributed by atoms with Gasteiger partial charge in [-0.1, -0.05) is 12.1 Å². The van der Waals surface area contributed by atoms with Crippen LogP contribution in [-0.2, 0) is 10.0 Å². The molecule has 2 aromatic rings. The quantitative estimate of drug-likeness (QED) is 0.684. The number of hydrogen-bond donors (Lipinski definition) is 1. The van der Waals surface area contributed by atoms with E-state index in [9.17, 15) is 8.42 Å². The minimum atomic E-state index is -3.68. The van der Waals surface area contributed by atoms with Gasteiger partial charge in [0.1, 0.15) is 28.9 Å². The number of rotatable bonds is 8. The Hall–Kier alpha value is -2.39. The monoisotopic (exact) mass is 392 g/mol. The number of benzene rings is 1. The summed E-state index contributed by atoms with van der Waals surface area (Å²) in [7, 11) is -2.25. The van der Waals surface area contributed by atoms with Crippen molar-refractivity contribution in [2.45, 2.75) is 24.7 Å². The van der Waals surface area contributed by atoms with Crippen LogP contribution in [0.2, 0.25) is 0 Å². The number of aromatic nitrogens is 2. The van der Waals surface area contributed by atoms with Gasteiger partial charge in [0.05, 0.1) is 7.11 Å². The van der Waals surface area contributed by atoms with Gasteiger partial charge < -0.3 is 14.4 Å². The van der Waals surface area contributed by atoms with Crippen LogP contribution in [0.4, 0.5) is 5.82 Å². The lowest BCUT2D eigenvalue weighted by atomic mass is 10.3. The Morgan fingerprint density at radius 2 is 1.93 bits per heavy atom. The van der Waals surface area contributed by atoms with Gasteiger partial charge >= 0.3 is 0 Å². The lowest BCUT2D eigenvalue weighted by Crippen LogP contribution is -2.28. The van der Waals surface area contributed by atoms with Crippen LogP contribution in [0.5, 0.6) is 11.6 Å². The number of methoxy groups -OCH3 is 1. The van der Waals surface area contributed by atoms with Crippen LogP contribution in [0.1, 0.15) is 18.7 Å². The van der Waals surface area contributed by atoms with E-state index in [1.54, 1.807) is 24.3 Å². The van der Waals surface area contributed by atoms with Gasteiger partial charge in [-0.15, -0.1) is 0 Å². The van der Waals surface area contributed by atoms with Crippen molar-refractivity contribution in [2.24, 2.45) is 0 Å². The second kappa shape index (κ2) is 8.53. The molecule has 0 radical (unpaired) electrons. The van der Waals surface area contributed by atoms with Gasteiger partial charge in [-0.05, 0) is 31.9 Å². The van der Waals surface area contributed by atoms with Crippen molar-refractivity contribution in [1.29, 1.82) is 0 Å². The van der Waals surface area contributed by atoms with Gasteiger partial charge in [0.25, 0.3) is 0 Å². The third-order valence-corrected chi connectivity index (χ3v) is 5.73. The van der Waals surface area contributed by atoms with Crippen LogP contribution in [0.3, 0.4) is 0 Å². The maximum atomic E-state index is 12.4. The van der Waals surface area contributed by atoms with Crippen molar-refractivity contribution in [1.82, 2.24) is 14.7 Å². The summed E-state index contributed by atoms with van der Waals surface area (Å²) in [5, 5.41) is 0. The van der Waals surface area contributed by atoms with Crippen molar-refractivity contribution in [3.05, 3.63) is 36.2 Å². The number of nitrogens with zero attached hydrogens (tertiary/aromatic N) is 3. The molecule has 0 saturated carbocycles. The Labute approximate surface area is 159 Å². The van der Waals surface area contributed by atoms with E-state index in [4.69, 9.17) is 9.47 Å². The van der Waals surface area contributed by atoms with E-state index in [1.807, 2.05) is 6.92 Å². The number of sulfonamides is 1. The Morgan fingerprint density at radius 3 is 2.67 bits per heavy atom. The lowest BCUT2D eigenvalue weighted by Gasteiger charge is -2.17. The fourth-order valence-electron chi connectivity index (χ4n) is 2.96. The molecule has 9 heteroatoms. The summed E-state index contributed by atoms with van der Waals surface area (Å²) in [6.07, 6.45) is 2.31. The number of nitrogens with one attached hydrogen (secondary N) is 1. The normalized spacial score (nSPS) is 14.4. The molecule has 1 aliphatic rings. The van der Waals surface area contributed by atoms with E-state index >= 15 is 0 Å². The molecule has 0 amide bonds. The van der Waals surface area contributed by atoms with Crippen LogP contribution < -0.4 is 19.1 Å². The first-order chi connectivity index (χ1) is 13.0. The first kappa shape index (κ1) is 19.4. The van der Waals surface area contributed by atoms with E-state index in [2.05, 4.69) is 19.6 Å². The summed E-state index contributed by atoms with van der Waals surface area (Å²) in [6.45, 7) is 4.05. The molecule has 1 fully saturated rings.